The first-order valence-corrected chi connectivity index (χ1v) is 8.34. The molecule has 0 amide bonds. The van der Waals surface area contributed by atoms with Gasteiger partial charge in [0.2, 0.25) is 10.0 Å². The van der Waals surface area contributed by atoms with Crippen LogP contribution in [0.5, 0.6) is 0 Å². The summed E-state index contributed by atoms with van der Waals surface area (Å²) < 4.78 is 27.2. The molecule has 6 heteroatoms. The van der Waals surface area contributed by atoms with E-state index in [0.717, 1.165) is 11.1 Å². The number of nitrogens with one attached hydrogen (secondary N) is 1. The predicted octanol–water partition coefficient (Wildman–Crippen LogP) is 2.37. The van der Waals surface area contributed by atoms with Crippen LogP contribution in [0, 0.1) is 0 Å². The van der Waals surface area contributed by atoms with Crippen molar-refractivity contribution in [3.8, 4) is 0 Å². The number of hydrogen-bond donors (Lipinski definition) is 2. The molecule has 1 aromatic carbocycles. The number of anilines is 1. The maximum Gasteiger partial charge on any atom is 0.241 e. The summed E-state index contributed by atoms with van der Waals surface area (Å²) in [6, 6.07) is 6.88. The van der Waals surface area contributed by atoms with Crippen molar-refractivity contribution in [2.45, 2.75) is 24.8 Å². The van der Waals surface area contributed by atoms with Crippen molar-refractivity contribution in [3.63, 3.8) is 0 Å². The summed E-state index contributed by atoms with van der Waals surface area (Å²) in [5, 5.41) is 3.84. The zero-order valence-corrected chi connectivity index (χ0v) is 12.2. The van der Waals surface area contributed by atoms with Gasteiger partial charge >= 0.3 is 0 Å². The molecule has 0 atom stereocenters. The van der Waals surface area contributed by atoms with Gasteiger partial charge in [-0.2, -0.15) is 11.3 Å². The molecule has 0 fully saturated rings. The monoisotopic (exact) mass is 296 g/mol. The van der Waals surface area contributed by atoms with Gasteiger partial charge in [-0.25, -0.2) is 13.1 Å². The van der Waals surface area contributed by atoms with Gasteiger partial charge in [-0.1, -0.05) is 13.0 Å². The van der Waals surface area contributed by atoms with E-state index in [0.29, 0.717) is 18.7 Å². The lowest BCUT2D eigenvalue weighted by Gasteiger charge is -2.11. The second-order valence-electron chi connectivity index (χ2n) is 4.18. The van der Waals surface area contributed by atoms with Gasteiger partial charge in [0.15, 0.2) is 0 Å². The van der Waals surface area contributed by atoms with Crippen LogP contribution in [0.1, 0.15) is 18.1 Å². The van der Waals surface area contributed by atoms with Crippen LogP contribution in [-0.4, -0.2) is 8.42 Å². The fraction of sp³-hybridized carbons (Fsp3) is 0.231. The molecule has 19 heavy (non-hydrogen) atoms. The van der Waals surface area contributed by atoms with Crippen molar-refractivity contribution in [1.29, 1.82) is 0 Å². The molecular formula is C13H16N2O2S2. The summed E-state index contributed by atoms with van der Waals surface area (Å²) in [6.07, 6.45) is 0.648. The summed E-state index contributed by atoms with van der Waals surface area (Å²) in [6.45, 7) is 2.22. The van der Waals surface area contributed by atoms with Crippen LogP contribution in [0.3, 0.4) is 0 Å². The highest BCUT2D eigenvalue weighted by molar-refractivity contribution is 7.89. The quantitative estimate of drug-likeness (QED) is 0.832. The van der Waals surface area contributed by atoms with Crippen LogP contribution in [0.25, 0.3) is 0 Å². The minimum Gasteiger partial charge on any atom is -0.399 e. The molecule has 0 spiro atoms. The summed E-state index contributed by atoms with van der Waals surface area (Å²) in [5.41, 5.74) is 7.86. The molecule has 0 radical (unpaired) electrons. The van der Waals surface area contributed by atoms with Gasteiger partial charge in [0.25, 0.3) is 0 Å². The fourth-order valence-electron chi connectivity index (χ4n) is 1.76. The summed E-state index contributed by atoms with van der Waals surface area (Å²) in [4.78, 5) is 0.269. The lowest BCUT2D eigenvalue weighted by Crippen LogP contribution is -2.24. The minimum absolute atomic E-state index is 0.269. The highest BCUT2D eigenvalue weighted by atomic mass is 32.2. The maximum absolute atomic E-state index is 12.3. The molecule has 2 rings (SSSR count). The Kier molecular flexibility index (Phi) is 4.24. The zero-order valence-electron chi connectivity index (χ0n) is 10.6. The molecule has 102 valence electrons. The van der Waals surface area contributed by atoms with Crippen LogP contribution in [0.4, 0.5) is 5.69 Å². The zero-order chi connectivity index (χ0) is 13.9. The van der Waals surface area contributed by atoms with E-state index >= 15 is 0 Å². The third-order valence-corrected chi connectivity index (χ3v) is 5.02. The Morgan fingerprint density at radius 1 is 1.32 bits per heavy atom. The normalized spacial score (nSPS) is 11.6. The first-order valence-electron chi connectivity index (χ1n) is 5.92. The molecule has 4 nitrogen and oxygen atoms in total. The van der Waals surface area contributed by atoms with Gasteiger partial charge in [0, 0.05) is 12.2 Å². The topological polar surface area (TPSA) is 72.2 Å². The molecule has 2 aromatic rings. The molecule has 3 N–H and O–H groups in total. The lowest BCUT2D eigenvalue weighted by atomic mass is 10.1. The fourth-order valence-corrected chi connectivity index (χ4v) is 3.79. The predicted molar refractivity (Wildman–Crippen MR) is 78.6 cm³/mol. The van der Waals surface area contributed by atoms with E-state index in [1.54, 1.807) is 23.5 Å². The number of nitrogen functional groups attached to an aromatic ring is 1. The van der Waals surface area contributed by atoms with E-state index in [-0.39, 0.29) is 4.90 Å². The van der Waals surface area contributed by atoms with Crippen molar-refractivity contribution in [2.24, 2.45) is 0 Å². The number of thiophene rings is 1. The second-order valence-corrected chi connectivity index (χ2v) is 6.69. The van der Waals surface area contributed by atoms with Crippen molar-refractivity contribution >= 4 is 27.0 Å². The first-order chi connectivity index (χ1) is 9.03. The highest BCUT2D eigenvalue weighted by Crippen LogP contribution is 2.20. The Morgan fingerprint density at radius 3 is 2.74 bits per heavy atom. The van der Waals surface area contributed by atoms with Crippen LogP contribution in [0.2, 0.25) is 0 Å². The van der Waals surface area contributed by atoms with E-state index in [2.05, 4.69) is 4.72 Å². The first kappa shape index (κ1) is 14.0. The van der Waals surface area contributed by atoms with E-state index < -0.39 is 10.0 Å². The Bertz CT molecular complexity index is 649. The smallest absolute Gasteiger partial charge is 0.241 e. The molecule has 0 saturated heterocycles. The minimum atomic E-state index is -3.53. The van der Waals surface area contributed by atoms with Crippen LogP contribution < -0.4 is 10.5 Å². The number of rotatable bonds is 5. The Balaban J connectivity index is 2.26. The second kappa shape index (κ2) is 5.73. The summed E-state index contributed by atoms with van der Waals surface area (Å²) in [7, 11) is -3.53. The lowest BCUT2D eigenvalue weighted by molar-refractivity contribution is 0.580. The van der Waals surface area contributed by atoms with E-state index in [9.17, 15) is 8.42 Å². The van der Waals surface area contributed by atoms with Gasteiger partial charge in [0.05, 0.1) is 4.90 Å². The van der Waals surface area contributed by atoms with Crippen LogP contribution >= 0.6 is 11.3 Å². The molecule has 0 bridgehead atoms. The van der Waals surface area contributed by atoms with Gasteiger partial charge in [-0.15, -0.1) is 0 Å². The molecule has 1 aromatic heterocycles. The molecule has 1 heterocycles. The van der Waals surface area contributed by atoms with E-state index in [1.165, 1.54) is 6.07 Å². The standard InChI is InChI=1S/C13H16N2O2S2/c1-2-11-3-4-12(14)7-13(11)19(16,17)15-8-10-5-6-18-9-10/h3-7,9,15H,2,8,14H2,1H3. The number of sulfonamides is 1. The Labute approximate surface area is 117 Å². The van der Waals surface area contributed by atoms with Crippen molar-refractivity contribution in [2.75, 3.05) is 5.73 Å². The maximum atomic E-state index is 12.3. The third-order valence-electron chi connectivity index (χ3n) is 2.81. The highest BCUT2D eigenvalue weighted by Gasteiger charge is 2.17. The number of nitrogens with two attached hydrogens (primary N) is 1. The van der Waals surface area contributed by atoms with Gasteiger partial charge < -0.3 is 5.73 Å². The van der Waals surface area contributed by atoms with Gasteiger partial charge in [-0.3, -0.25) is 0 Å². The largest absolute Gasteiger partial charge is 0.399 e. The molecule has 0 saturated carbocycles. The number of benzene rings is 1. The number of hydrogen-bond acceptors (Lipinski definition) is 4. The molecule has 0 unspecified atom stereocenters. The SMILES string of the molecule is CCc1ccc(N)cc1S(=O)(=O)NCc1ccsc1. The molecular weight excluding hydrogens is 280 g/mol. The molecule has 0 aliphatic heterocycles. The molecule has 0 aliphatic rings. The van der Waals surface area contributed by atoms with Crippen LogP contribution in [0.15, 0.2) is 39.9 Å². The van der Waals surface area contributed by atoms with Crippen molar-refractivity contribution < 1.29 is 8.42 Å². The summed E-state index contributed by atoms with van der Waals surface area (Å²) in [5.74, 6) is 0. The molecule has 0 aliphatic carbocycles. The summed E-state index contributed by atoms with van der Waals surface area (Å²) >= 11 is 1.54. The van der Waals surface area contributed by atoms with Crippen molar-refractivity contribution in [1.82, 2.24) is 4.72 Å². The number of aryl methyl sites for hydroxylation is 1. The average Bonchev–Trinajstić information content (AvgIpc) is 2.89. The van der Waals surface area contributed by atoms with Crippen LogP contribution in [-0.2, 0) is 23.0 Å². The van der Waals surface area contributed by atoms with E-state index in [1.807, 2.05) is 23.8 Å². The van der Waals surface area contributed by atoms with E-state index in [4.69, 9.17) is 5.73 Å². The van der Waals surface area contributed by atoms with Crippen molar-refractivity contribution in [3.05, 3.63) is 46.2 Å². The Hall–Kier alpha value is -1.37. The third kappa shape index (κ3) is 3.34. The van der Waals surface area contributed by atoms with Gasteiger partial charge in [-0.05, 0) is 46.5 Å². The Morgan fingerprint density at radius 2 is 2.11 bits per heavy atom. The van der Waals surface area contributed by atoms with Gasteiger partial charge in [0.1, 0.15) is 0 Å². The average molecular weight is 296 g/mol.